The van der Waals surface area contributed by atoms with Crippen LogP contribution in [-0.4, -0.2) is 64.3 Å². The third kappa shape index (κ3) is 3.37. The van der Waals surface area contributed by atoms with Crippen LogP contribution in [0.15, 0.2) is 16.7 Å². The average Bonchev–Trinajstić information content (AvgIpc) is 3.42. The summed E-state index contributed by atoms with van der Waals surface area (Å²) in [6, 6.07) is 1.88. The summed E-state index contributed by atoms with van der Waals surface area (Å²) in [6.45, 7) is 6.69. The van der Waals surface area contributed by atoms with Crippen molar-refractivity contribution in [3.63, 3.8) is 0 Å². The van der Waals surface area contributed by atoms with Crippen molar-refractivity contribution < 1.29 is 9.59 Å². The Kier molecular flexibility index (Phi) is 4.99. The molecule has 0 bridgehead atoms. The molecule has 0 radical (unpaired) electrons. The highest BCUT2D eigenvalue weighted by Crippen LogP contribution is 2.34. The lowest BCUT2D eigenvalue weighted by Crippen LogP contribution is -2.42. The summed E-state index contributed by atoms with van der Waals surface area (Å²) in [4.78, 5) is 37.7. The van der Waals surface area contributed by atoms with E-state index >= 15 is 0 Å². The third-order valence-electron chi connectivity index (χ3n) is 6.29. The molecule has 2 aromatic rings. The van der Waals surface area contributed by atoms with E-state index < -0.39 is 0 Å². The van der Waals surface area contributed by atoms with Crippen LogP contribution in [0.2, 0.25) is 0 Å². The minimum atomic E-state index is -0.180. The number of pyridine rings is 1. The molecule has 5 heterocycles. The van der Waals surface area contributed by atoms with Crippen LogP contribution < -0.4 is 5.32 Å². The van der Waals surface area contributed by atoms with Crippen LogP contribution in [0, 0.1) is 6.92 Å². The lowest BCUT2D eigenvalue weighted by Gasteiger charge is -2.29. The van der Waals surface area contributed by atoms with E-state index in [1.54, 1.807) is 6.20 Å². The van der Waals surface area contributed by atoms with Crippen LogP contribution in [0.1, 0.15) is 45.7 Å². The number of nitrogens with one attached hydrogen (secondary N) is 2. The van der Waals surface area contributed by atoms with Gasteiger partial charge in [0.15, 0.2) is 0 Å². The topological polar surface area (TPSA) is 81.3 Å². The summed E-state index contributed by atoms with van der Waals surface area (Å²) in [5.41, 5.74) is 4.76. The number of amides is 2. The standard InChI is InChI=1S/C22H24BrN5O2/c1-13-18(11-16-15-10-14(23)12-24-20(15)26-21(16)29)25-17-4-7-28(22(30)19(13)17)9-8-27-5-2-3-6-27/h10-12,25H,2-9H2,1H3,(H,24,26,29). The molecule has 7 nitrogen and oxygen atoms in total. The molecule has 0 spiro atoms. The first-order valence-corrected chi connectivity index (χ1v) is 11.2. The molecule has 0 unspecified atom stereocenters. The summed E-state index contributed by atoms with van der Waals surface area (Å²) < 4.78 is 0.815. The predicted molar refractivity (Wildman–Crippen MR) is 119 cm³/mol. The Bertz CT molecular complexity index is 1070. The molecule has 2 aromatic heterocycles. The molecule has 0 saturated carbocycles. The number of hydrogen-bond donors (Lipinski definition) is 2. The minimum Gasteiger partial charge on any atom is -0.358 e. The molecule has 3 aliphatic rings. The zero-order valence-electron chi connectivity index (χ0n) is 16.9. The van der Waals surface area contributed by atoms with Crippen molar-refractivity contribution in [3.8, 4) is 0 Å². The number of nitrogens with zero attached hydrogens (tertiary/aromatic N) is 3. The number of anilines is 1. The largest absolute Gasteiger partial charge is 0.358 e. The molecule has 0 aliphatic carbocycles. The number of halogens is 1. The van der Waals surface area contributed by atoms with Crippen LogP contribution in [-0.2, 0) is 11.2 Å². The fourth-order valence-corrected chi connectivity index (χ4v) is 4.95. The Morgan fingerprint density at radius 3 is 2.80 bits per heavy atom. The number of carbonyl (C=O) groups is 2. The van der Waals surface area contributed by atoms with Gasteiger partial charge < -0.3 is 20.1 Å². The van der Waals surface area contributed by atoms with Gasteiger partial charge in [0.25, 0.3) is 11.8 Å². The summed E-state index contributed by atoms with van der Waals surface area (Å²) in [6.07, 6.45) is 6.83. The molecular weight excluding hydrogens is 446 g/mol. The van der Waals surface area contributed by atoms with Crippen LogP contribution in [0.5, 0.6) is 0 Å². The second kappa shape index (κ2) is 7.67. The summed E-state index contributed by atoms with van der Waals surface area (Å²) in [5, 5.41) is 2.80. The SMILES string of the molecule is Cc1c(C=C2C(=O)Nc3ncc(Br)cc32)[nH]c2c1C(=O)N(CCN1CCCC1)CC2. The molecule has 2 N–H and O–H groups in total. The van der Waals surface area contributed by atoms with Gasteiger partial charge in [-0.25, -0.2) is 4.98 Å². The van der Waals surface area contributed by atoms with E-state index in [0.29, 0.717) is 11.4 Å². The number of aromatic nitrogens is 2. The highest BCUT2D eigenvalue weighted by atomic mass is 79.9. The monoisotopic (exact) mass is 469 g/mol. The van der Waals surface area contributed by atoms with Gasteiger partial charge in [-0.1, -0.05) is 0 Å². The van der Waals surface area contributed by atoms with Gasteiger partial charge in [0.05, 0.1) is 11.1 Å². The zero-order valence-corrected chi connectivity index (χ0v) is 18.5. The van der Waals surface area contributed by atoms with E-state index in [2.05, 4.69) is 36.1 Å². The highest BCUT2D eigenvalue weighted by Gasteiger charge is 2.31. The van der Waals surface area contributed by atoms with Gasteiger partial charge in [-0.3, -0.25) is 9.59 Å². The number of rotatable bonds is 4. The van der Waals surface area contributed by atoms with Gasteiger partial charge in [-0.05, 0) is 66.5 Å². The second-order valence-corrected chi connectivity index (χ2v) is 9.09. The fourth-order valence-electron chi connectivity index (χ4n) is 4.62. The van der Waals surface area contributed by atoms with Crippen molar-refractivity contribution in [1.29, 1.82) is 0 Å². The fraction of sp³-hybridized carbons (Fsp3) is 0.409. The summed E-state index contributed by atoms with van der Waals surface area (Å²) >= 11 is 3.42. The first-order valence-electron chi connectivity index (χ1n) is 10.4. The average molecular weight is 470 g/mol. The first kappa shape index (κ1) is 19.5. The van der Waals surface area contributed by atoms with E-state index in [1.807, 2.05) is 24.0 Å². The molecule has 1 saturated heterocycles. The van der Waals surface area contributed by atoms with E-state index in [1.165, 1.54) is 12.8 Å². The molecule has 2 amide bonds. The highest BCUT2D eigenvalue weighted by molar-refractivity contribution is 9.10. The molecule has 30 heavy (non-hydrogen) atoms. The smallest absolute Gasteiger partial charge is 0.257 e. The third-order valence-corrected chi connectivity index (χ3v) is 6.73. The lowest BCUT2D eigenvalue weighted by atomic mass is 10.0. The summed E-state index contributed by atoms with van der Waals surface area (Å²) in [5.74, 6) is 0.475. The van der Waals surface area contributed by atoms with Crippen molar-refractivity contribution in [2.75, 3.05) is 38.0 Å². The van der Waals surface area contributed by atoms with Gasteiger partial charge in [0.2, 0.25) is 0 Å². The quantitative estimate of drug-likeness (QED) is 0.674. The molecule has 0 atom stereocenters. The molecule has 5 rings (SSSR count). The van der Waals surface area contributed by atoms with Crippen molar-refractivity contribution in [2.24, 2.45) is 0 Å². The molecule has 8 heteroatoms. The number of fused-ring (bicyclic) bond motifs is 2. The maximum Gasteiger partial charge on any atom is 0.257 e. The van der Waals surface area contributed by atoms with Gasteiger partial charge >= 0.3 is 0 Å². The number of hydrogen-bond acceptors (Lipinski definition) is 4. The molecule has 156 valence electrons. The van der Waals surface area contributed by atoms with Crippen molar-refractivity contribution in [1.82, 2.24) is 19.8 Å². The first-order chi connectivity index (χ1) is 14.5. The minimum absolute atomic E-state index is 0.0922. The Morgan fingerprint density at radius 2 is 2.00 bits per heavy atom. The molecule has 0 aromatic carbocycles. The molecular formula is C22H24BrN5O2. The van der Waals surface area contributed by atoms with Gasteiger partial charge in [0.1, 0.15) is 5.82 Å². The van der Waals surface area contributed by atoms with E-state index in [0.717, 1.165) is 71.7 Å². The Balaban J connectivity index is 1.42. The van der Waals surface area contributed by atoms with E-state index in [9.17, 15) is 9.59 Å². The van der Waals surface area contributed by atoms with Gasteiger partial charge in [-0.15, -0.1) is 0 Å². The maximum absolute atomic E-state index is 13.2. The second-order valence-electron chi connectivity index (χ2n) is 8.17. The Morgan fingerprint density at radius 1 is 1.20 bits per heavy atom. The maximum atomic E-state index is 13.2. The molecule has 3 aliphatic heterocycles. The van der Waals surface area contributed by atoms with Crippen LogP contribution in [0.3, 0.4) is 0 Å². The van der Waals surface area contributed by atoms with Crippen LogP contribution in [0.25, 0.3) is 11.6 Å². The lowest BCUT2D eigenvalue weighted by molar-refractivity contribution is -0.110. The van der Waals surface area contributed by atoms with Crippen LogP contribution >= 0.6 is 15.9 Å². The number of H-pyrrole nitrogens is 1. The molecule has 1 fully saturated rings. The predicted octanol–water partition coefficient (Wildman–Crippen LogP) is 3.07. The number of carbonyl (C=O) groups excluding carboxylic acids is 2. The van der Waals surface area contributed by atoms with Crippen molar-refractivity contribution in [2.45, 2.75) is 26.2 Å². The number of aromatic amines is 1. The Labute approximate surface area is 183 Å². The zero-order chi connectivity index (χ0) is 20.8. The van der Waals surface area contributed by atoms with Crippen LogP contribution in [0.4, 0.5) is 5.82 Å². The Hall–Kier alpha value is -2.45. The number of likely N-dealkylation sites (tertiary alicyclic amines) is 1. The normalized spacial score (nSPS) is 20.1. The summed E-state index contributed by atoms with van der Waals surface area (Å²) in [7, 11) is 0. The van der Waals surface area contributed by atoms with Crippen molar-refractivity contribution >= 4 is 45.2 Å². The van der Waals surface area contributed by atoms with E-state index in [4.69, 9.17) is 0 Å². The van der Waals surface area contributed by atoms with E-state index in [-0.39, 0.29) is 11.8 Å². The van der Waals surface area contributed by atoms with Crippen molar-refractivity contribution in [3.05, 3.63) is 44.8 Å². The van der Waals surface area contributed by atoms with Gasteiger partial charge in [-0.2, -0.15) is 0 Å². The van der Waals surface area contributed by atoms with Gasteiger partial charge in [0, 0.05) is 53.7 Å².